The molecule has 0 saturated heterocycles. The van der Waals surface area contributed by atoms with Crippen molar-refractivity contribution in [1.82, 2.24) is 4.57 Å². The molecule has 1 aliphatic carbocycles. The number of anilines is 3. The van der Waals surface area contributed by atoms with Crippen LogP contribution in [-0.4, -0.2) is 4.57 Å². The molecule has 0 spiro atoms. The third kappa shape index (κ3) is 5.36. The molecule has 0 amide bonds. The van der Waals surface area contributed by atoms with E-state index in [-0.39, 0.29) is 28.5 Å². The molecule has 1 heterocycles. The number of aromatic nitrogens is 1. The van der Waals surface area contributed by atoms with Gasteiger partial charge >= 0.3 is 0 Å². The van der Waals surface area contributed by atoms with Gasteiger partial charge in [-0.1, -0.05) is 194 Å². The summed E-state index contributed by atoms with van der Waals surface area (Å²) in [5, 5.41) is 1.80. The summed E-state index contributed by atoms with van der Waals surface area (Å²) in [6.07, 6.45) is 0. The normalized spacial score (nSPS) is 14.3. The number of nitrogens with zero attached hydrogens (tertiary/aromatic N) is 2. The van der Waals surface area contributed by atoms with Crippen LogP contribution in [0.25, 0.3) is 60.5 Å². The van der Waals surface area contributed by atoms with E-state index in [1.165, 1.54) is 22.3 Å². The predicted octanol–water partition coefficient (Wildman–Crippen LogP) is 15.4. The van der Waals surface area contributed by atoms with Crippen LogP contribution in [-0.2, 0) is 5.41 Å². The van der Waals surface area contributed by atoms with E-state index in [2.05, 4.69) is 138 Å². The molecular weight excluding hydrogens is 737 g/mol. The van der Waals surface area contributed by atoms with Gasteiger partial charge in [0.25, 0.3) is 0 Å². The van der Waals surface area contributed by atoms with Crippen molar-refractivity contribution < 1.29 is 9.60 Å². The first kappa shape index (κ1) is 28.5. The zero-order valence-electron chi connectivity index (χ0n) is 39.9. The molecule has 11 aromatic rings. The lowest BCUT2D eigenvalue weighted by Crippen LogP contribution is -2.29. The average molecular weight is 784 g/mol. The number of fused-ring (bicyclic) bond motifs is 7. The van der Waals surface area contributed by atoms with Gasteiger partial charge < -0.3 is 9.47 Å². The Morgan fingerprint density at radius 3 is 1.75 bits per heavy atom. The molecule has 0 unspecified atom stereocenters. The minimum absolute atomic E-state index is 0.00611. The third-order valence-electron chi connectivity index (χ3n) is 12.4. The Labute approximate surface area is 365 Å². The molecule has 0 aliphatic heterocycles. The van der Waals surface area contributed by atoms with Gasteiger partial charge in [-0.3, -0.25) is 0 Å². The highest BCUT2D eigenvalue weighted by Gasteiger charge is 2.47. The average Bonchev–Trinajstić information content (AvgIpc) is 3.89. The summed E-state index contributed by atoms with van der Waals surface area (Å²) >= 11 is 0. The van der Waals surface area contributed by atoms with Crippen molar-refractivity contribution in [3.05, 3.63) is 265 Å². The monoisotopic (exact) mass is 783 g/mol. The zero-order chi connectivity index (χ0) is 46.4. The molecule has 0 fully saturated rings. The Balaban J connectivity index is 1.20. The third-order valence-corrected chi connectivity index (χ3v) is 12.4. The Morgan fingerprint density at radius 1 is 0.426 bits per heavy atom. The number of hydrogen-bond acceptors (Lipinski definition) is 1. The van der Waals surface area contributed by atoms with Gasteiger partial charge in [0, 0.05) is 33.2 Å². The summed E-state index contributed by atoms with van der Waals surface area (Å²) in [4.78, 5) is 1.82. The quantitative estimate of drug-likeness (QED) is 0.156. The maximum Gasteiger partial charge on any atom is 0.0734 e. The van der Waals surface area contributed by atoms with E-state index in [1.807, 2.05) is 71.6 Å². The van der Waals surface area contributed by atoms with Crippen LogP contribution >= 0.6 is 0 Å². The van der Waals surface area contributed by atoms with Gasteiger partial charge in [-0.15, -0.1) is 0 Å². The van der Waals surface area contributed by atoms with Crippen LogP contribution < -0.4 is 4.90 Å². The van der Waals surface area contributed by atoms with Gasteiger partial charge in [0.1, 0.15) is 0 Å². The van der Waals surface area contributed by atoms with Crippen molar-refractivity contribution in [1.29, 1.82) is 0 Å². The van der Waals surface area contributed by atoms with E-state index in [4.69, 9.17) is 6.85 Å². The fourth-order valence-corrected chi connectivity index (χ4v) is 9.83. The predicted molar refractivity (Wildman–Crippen MR) is 256 cm³/mol. The highest BCUT2D eigenvalue weighted by molar-refractivity contribution is 6.13. The van der Waals surface area contributed by atoms with Crippen molar-refractivity contribution in [2.24, 2.45) is 0 Å². The standard InChI is InChI=1S/C59H40N2/c1-4-18-41(19-5-1)42-34-36-46(37-35-42)60(56-33-16-21-43-20-10-11-26-48(43)56)47-38-39-57-52(40-47)51-29-17-32-55(58(51)61(57)45-24-8-3-9-25-45)59(44-22-6-2-7-23-44)53-30-14-12-27-49(53)50-28-13-15-31-54(50)59/h1-40H/i10D,11D,16D,20D,21D,26D,33D. The second-order valence-electron chi connectivity index (χ2n) is 15.5. The number of hydrogen-bond donors (Lipinski definition) is 0. The Bertz CT molecular complexity index is 3760. The first-order chi connectivity index (χ1) is 33.2. The molecule has 286 valence electrons. The SMILES string of the molecule is [2H]c1c([2H])c([2H])c2c(N(c3ccc(-c4ccccc4)cc3)c3ccc4c(c3)c3cccc(C5(c6ccccc6)c6ccccc6-c6ccccc65)c3n4-c3ccccc3)c([2H])c([2H])c([2H])c2c1[2H]. The highest BCUT2D eigenvalue weighted by Crippen LogP contribution is 2.58. The van der Waals surface area contributed by atoms with Gasteiger partial charge in [0.2, 0.25) is 0 Å². The van der Waals surface area contributed by atoms with Gasteiger partial charge in [0.15, 0.2) is 0 Å². The van der Waals surface area contributed by atoms with E-state index >= 15 is 0 Å². The molecule has 0 saturated carbocycles. The largest absolute Gasteiger partial charge is 0.310 e. The minimum atomic E-state index is -0.713. The Kier molecular flexibility index (Phi) is 6.59. The van der Waals surface area contributed by atoms with Crippen LogP contribution in [0, 0.1) is 0 Å². The maximum atomic E-state index is 9.57. The Morgan fingerprint density at radius 2 is 1.02 bits per heavy atom. The smallest absolute Gasteiger partial charge is 0.0734 e. The molecule has 0 radical (unpaired) electrons. The molecule has 10 aromatic carbocycles. The van der Waals surface area contributed by atoms with E-state index < -0.39 is 35.6 Å². The molecule has 0 bridgehead atoms. The van der Waals surface area contributed by atoms with Crippen LogP contribution in [0.5, 0.6) is 0 Å². The Hall–Kier alpha value is -7.94. The molecule has 1 aromatic heterocycles. The maximum absolute atomic E-state index is 9.57. The zero-order valence-corrected chi connectivity index (χ0v) is 32.9. The molecule has 0 N–H and O–H groups in total. The fourth-order valence-electron chi connectivity index (χ4n) is 9.83. The summed E-state index contributed by atoms with van der Waals surface area (Å²) < 4.78 is 65.6. The summed E-state index contributed by atoms with van der Waals surface area (Å²) in [7, 11) is 0. The van der Waals surface area contributed by atoms with E-state index in [0.29, 0.717) is 11.4 Å². The van der Waals surface area contributed by atoms with Crippen LogP contribution in [0.1, 0.15) is 31.8 Å². The van der Waals surface area contributed by atoms with Gasteiger partial charge in [-0.25, -0.2) is 0 Å². The summed E-state index contributed by atoms with van der Waals surface area (Å²) in [6, 6.07) is 66.2. The molecule has 2 nitrogen and oxygen atoms in total. The van der Waals surface area contributed by atoms with E-state index in [1.54, 1.807) is 0 Å². The number of rotatable bonds is 7. The van der Waals surface area contributed by atoms with Crippen LogP contribution in [0.15, 0.2) is 242 Å². The van der Waals surface area contributed by atoms with Gasteiger partial charge in [-0.2, -0.15) is 0 Å². The topological polar surface area (TPSA) is 8.17 Å². The number of para-hydroxylation sites is 2. The molecule has 1 aliphatic rings. The van der Waals surface area contributed by atoms with Crippen LogP contribution in [0.3, 0.4) is 0 Å². The minimum Gasteiger partial charge on any atom is -0.310 e. The van der Waals surface area contributed by atoms with Crippen LogP contribution in [0.2, 0.25) is 0 Å². The lowest BCUT2D eigenvalue weighted by Gasteiger charge is -2.34. The van der Waals surface area contributed by atoms with Crippen LogP contribution in [0.4, 0.5) is 17.1 Å². The first-order valence-electron chi connectivity index (χ1n) is 24.0. The van der Waals surface area contributed by atoms with Crippen molar-refractivity contribution in [2.45, 2.75) is 5.41 Å². The van der Waals surface area contributed by atoms with Crippen molar-refractivity contribution in [3.8, 4) is 27.9 Å². The second kappa shape index (κ2) is 14.1. The second-order valence-corrected chi connectivity index (χ2v) is 15.5. The van der Waals surface area contributed by atoms with Crippen molar-refractivity contribution in [3.63, 3.8) is 0 Å². The lowest BCUT2D eigenvalue weighted by molar-refractivity contribution is 0.772. The number of benzene rings is 10. The van der Waals surface area contributed by atoms with E-state index in [0.717, 1.165) is 49.7 Å². The molecule has 12 rings (SSSR count). The molecule has 2 heteroatoms. The van der Waals surface area contributed by atoms with Gasteiger partial charge in [-0.05, 0) is 98.4 Å². The summed E-state index contributed by atoms with van der Waals surface area (Å²) in [5.41, 5.74) is 12.5. The van der Waals surface area contributed by atoms with Crippen molar-refractivity contribution >= 4 is 49.6 Å². The molecular formula is C59H40N2. The molecule has 0 atom stereocenters. The first-order valence-corrected chi connectivity index (χ1v) is 20.5. The highest BCUT2D eigenvalue weighted by atomic mass is 15.1. The van der Waals surface area contributed by atoms with E-state index in [9.17, 15) is 2.74 Å². The summed E-state index contributed by atoms with van der Waals surface area (Å²) in [5.74, 6) is 0. The summed E-state index contributed by atoms with van der Waals surface area (Å²) in [6.45, 7) is 0. The molecule has 61 heavy (non-hydrogen) atoms. The van der Waals surface area contributed by atoms with Crippen molar-refractivity contribution in [2.75, 3.05) is 4.90 Å². The fraction of sp³-hybridized carbons (Fsp3) is 0.0169. The lowest BCUT2D eigenvalue weighted by atomic mass is 9.67. The van der Waals surface area contributed by atoms with Gasteiger partial charge in [0.05, 0.1) is 31.7 Å².